The highest BCUT2D eigenvalue weighted by molar-refractivity contribution is 7.61. The summed E-state index contributed by atoms with van der Waals surface area (Å²) in [6.07, 6.45) is -7.34. The van der Waals surface area contributed by atoms with E-state index in [1.165, 1.54) is 40.0 Å². The van der Waals surface area contributed by atoms with Gasteiger partial charge >= 0.3 is 15.6 Å². The zero-order valence-electron chi connectivity index (χ0n) is 22.0. The number of phosphoric ester groups is 2. The average Bonchev–Trinajstić information content (AvgIpc) is 3.60. The molecule has 2 unspecified atom stereocenters. The van der Waals surface area contributed by atoms with Gasteiger partial charge in [0.05, 0.1) is 30.6 Å². The number of phosphoric acid groups is 2. The average molecular weight is 647 g/mol. The first-order valence-electron chi connectivity index (χ1n) is 12.7. The molecule has 234 valence electrons. The van der Waals surface area contributed by atoms with Crippen LogP contribution >= 0.6 is 15.6 Å². The number of amides is 1. The van der Waals surface area contributed by atoms with Gasteiger partial charge < -0.3 is 50.0 Å². The Balaban J connectivity index is 1.15. The zero-order chi connectivity index (χ0) is 31.1. The van der Waals surface area contributed by atoms with E-state index in [-0.39, 0.29) is 5.56 Å². The summed E-state index contributed by atoms with van der Waals surface area (Å²) in [6.45, 7) is -1.72. The van der Waals surface area contributed by atoms with E-state index in [2.05, 4.69) is 9.29 Å². The summed E-state index contributed by atoms with van der Waals surface area (Å²) in [5.74, 6) is -0.756. The lowest BCUT2D eigenvalue weighted by atomic mass is 10.1. The minimum Gasteiger partial charge on any atom is -0.387 e. The molecule has 1 aromatic carbocycles. The molecule has 0 radical (unpaired) electrons. The molecule has 0 aliphatic carbocycles. The number of ether oxygens (including phenoxy) is 2. The summed E-state index contributed by atoms with van der Waals surface area (Å²) >= 11 is 0. The number of fused-ring (bicyclic) bond motifs is 1. The molecule has 2 fully saturated rings. The lowest BCUT2D eigenvalue weighted by Gasteiger charge is -2.20. The van der Waals surface area contributed by atoms with Crippen molar-refractivity contribution in [3.8, 4) is 0 Å². The quantitative estimate of drug-likeness (QED) is 0.0933. The number of aliphatic hydroxyl groups is 4. The number of aromatic nitrogens is 3. The molecule has 5 rings (SSSR count). The SMILES string of the molecule is NC(=O)c1ccc[n+]([C@@H]2O[C@H](COP(=O)(O)OP(=O)(O)OC[C@H]3O[C@@H](n4cnc5ccccc54)[C@H](O)[C@@H]3O)[C@@H](O)[C@H]2O)c1. The first-order chi connectivity index (χ1) is 20.3. The molecule has 0 spiro atoms. The second kappa shape index (κ2) is 12.4. The van der Waals surface area contributed by atoms with Crippen molar-refractivity contribution < 1.29 is 71.5 Å². The predicted molar refractivity (Wildman–Crippen MR) is 139 cm³/mol. The molecule has 3 aromatic rings. The van der Waals surface area contributed by atoms with Gasteiger partial charge in [0.15, 0.2) is 24.7 Å². The molecule has 20 heteroatoms. The summed E-state index contributed by atoms with van der Waals surface area (Å²) in [7, 11) is -10.7. The summed E-state index contributed by atoms with van der Waals surface area (Å²) in [5.41, 5.74) is 6.50. The summed E-state index contributed by atoms with van der Waals surface area (Å²) in [5, 5.41) is 41.6. The van der Waals surface area contributed by atoms with Crippen LogP contribution in [0.1, 0.15) is 22.8 Å². The van der Waals surface area contributed by atoms with Crippen molar-refractivity contribution in [2.45, 2.75) is 49.1 Å². The smallest absolute Gasteiger partial charge is 0.387 e. The van der Waals surface area contributed by atoms with Crippen LogP contribution in [0.25, 0.3) is 11.0 Å². The lowest BCUT2D eigenvalue weighted by Crippen LogP contribution is -2.46. The fraction of sp³-hybridized carbons (Fsp3) is 0.435. The van der Waals surface area contributed by atoms with Crippen molar-refractivity contribution in [3.63, 3.8) is 0 Å². The number of carbonyl (C=O) groups is 1. The van der Waals surface area contributed by atoms with Gasteiger partial charge in [0.25, 0.3) is 12.1 Å². The van der Waals surface area contributed by atoms with Gasteiger partial charge in [-0.15, -0.1) is 0 Å². The maximum Gasteiger partial charge on any atom is 0.481 e. The Morgan fingerprint density at radius 3 is 2.23 bits per heavy atom. The largest absolute Gasteiger partial charge is 0.481 e. The minimum absolute atomic E-state index is 0.0789. The van der Waals surface area contributed by atoms with Gasteiger partial charge in [0, 0.05) is 6.07 Å². The minimum atomic E-state index is -5.34. The monoisotopic (exact) mass is 647 g/mol. The van der Waals surface area contributed by atoms with E-state index < -0.39 is 83.8 Å². The number of hydrogen-bond acceptors (Lipinski definition) is 13. The third-order valence-electron chi connectivity index (χ3n) is 6.84. The molecule has 10 atom stereocenters. The number of rotatable bonds is 11. The number of hydrogen-bond donors (Lipinski definition) is 7. The highest BCUT2D eigenvalue weighted by Gasteiger charge is 2.50. The van der Waals surface area contributed by atoms with E-state index in [0.717, 1.165) is 0 Å². The van der Waals surface area contributed by atoms with Crippen LogP contribution < -0.4 is 10.3 Å². The van der Waals surface area contributed by atoms with Crippen LogP contribution in [-0.2, 0) is 32.0 Å². The molecule has 43 heavy (non-hydrogen) atoms. The zero-order valence-corrected chi connectivity index (χ0v) is 23.8. The summed E-state index contributed by atoms with van der Waals surface area (Å²) in [6, 6.07) is 9.78. The number of para-hydroxylation sites is 2. The lowest BCUT2D eigenvalue weighted by molar-refractivity contribution is -0.765. The Morgan fingerprint density at radius 1 is 0.930 bits per heavy atom. The van der Waals surface area contributed by atoms with Gasteiger partial charge in [-0.3, -0.25) is 13.8 Å². The second-order valence-electron chi connectivity index (χ2n) is 9.75. The van der Waals surface area contributed by atoms with Crippen molar-refractivity contribution in [1.82, 2.24) is 9.55 Å². The van der Waals surface area contributed by atoms with E-state index in [0.29, 0.717) is 11.0 Å². The first kappa shape index (κ1) is 31.7. The molecular formula is C23H29N4O14P2+. The van der Waals surface area contributed by atoms with Gasteiger partial charge in [-0.1, -0.05) is 12.1 Å². The van der Waals surface area contributed by atoms with Gasteiger partial charge in [-0.25, -0.2) is 14.1 Å². The van der Waals surface area contributed by atoms with Crippen LogP contribution in [-0.4, -0.2) is 95.5 Å². The maximum atomic E-state index is 12.4. The van der Waals surface area contributed by atoms with Crippen LogP contribution in [0, 0.1) is 0 Å². The number of nitrogens with two attached hydrogens (primary N) is 1. The molecule has 2 aliphatic rings. The second-order valence-corrected chi connectivity index (χ2v) is 12.8. The van der Waals surface area contributed by atoms with E-state index in [1.807, 2.05) is 0 Å². The molecule has 0 saturated carbocycles. The standard InChI is InChI=1S/C23H28N4O14P2/c24-21(32)12-4-3-7-26(8-12)22-19(30)17(28)15(39-22)9-37-42(33,34)41-43(35,36)38-10-16-18(29)20(31)23(40-16)27-11-25-13-5-1-2-6-14(13)27/h1-8,11,15-20,22-23,28-31H,9-10H2,(H3-,24,32,33,34,35,36)/p+1/t15-,16-,17-,18-,19-,20-,22-,23-/m1/s1. The fourth-order valence-corrected chi connectivity index (χ4v) is 6.79. The number of carbonyl (C=O) groups excluding carboxylic acids is 1. The van der Waals surface area contributed by atoms with Crippen molar-refractivity contribution in [3.05, 3.63) is 60.7 Å². The molecule has 1 amide bonds. The Kier molecular flexibility index (Phi) is 9.14. The van der Waals surface area contributed by atoms with Crippen LogP contribution in [0.4, 0.5) is 0 Å². The van der Waals surface area contributed by atoms with E-state index in [1.54, 1.807) is 24.3 Å². The highest BCUT2D eigenvalue weighted by atomic mass is 31.3. The van der Waals surface area contributed by atoms with Gasteiger partial charge in [0.1, 0.15) is 36.1 Å². The molecule has 2 aliphatic heterocycles. The highest BCUT2D eigenvalue weighted by Crippen LogP contribution is 2.60. The molecule has 2 saturated heterocycles. The summed E-state index contributed by atoms with van der Waals surface area (Å²) < 4.78 is 52.4. The van der Waals surface area contributed by atoms with Crippen LogP contribution in [0.2, 0.25) is 0 Å². The Morgan fingerprint density at radius 2 is 1.56 bits per heavy atom. The van der Waals surface area contributed by atoms with Crippen LogP contribution in [0.3, 0.4) is 0 Å². The van der Waals surface area contributed by atoms with Crippen molar-refractivity contribution in [2.24, 2.45) is 5.73 Å². The predicted octanol–water partition coefficient (Wildman–Crippen LogP) is -1.39. The molecule has 4 heterocycles. The van der Waals surface area contributed by atoms with E-state index in [9.17, 15) is 44.1 Å². The Bertz CT molecular complexity index is 1570. The third-order valence-corrected chi connectivity index (χ3v) is 9.44. The van der Waals surface area contributed by atoms with E-state index in [4.69, 9.17) is 24.3 Å². The summed E-state index contributed by atoms with van der Waals surface area (Å²) in [4.78, 5) is 35.7. The van der Waals surface area contributed by atoms with Gasteiger partial charge in [0.2, 0.25) is 0 Å². The Labute approximate surface area is 242 Å². The van der Waals surface area contributed by atoms with Crippen LogP contribution in [0.5, 0.6) is 0 Å². The topological polar surface area (TPSA) is 266 Å². The molecular weight excluding hydrogens is 618 g/mol. The van der Waals surface area contributed by atoms with Crippen molar-refractivity contribution >= 4 is 32.6 Å². The number of imidazole rings is 1. The molecule has 8 N–H and O–H groups in total. The van der Waals surface area contributed by atoms with Crippen LogP contribution in [0.15, 0.2) is 55.1 Å². The number of nitrogens with zero attached hydrogens (tertiary/aromatic N) is 3. The first-order valence-corrected chi connectivity index (χ1v) is 15.7. The molecule has 18 nitrogen and oxygen atoms in total. The Hall–Kier alpha value is -2.67. The number of benzene rings is 1. The molecule has 2 aromatic heterocycles. The number of primary amides is 1. The fourth-order valence-electron chi connectivity index (χ4n) is 4.70. The maximum absolute atomic E-state index is 12.4. The third kappa shape index (κ3) is 6.87. The van der Waals surface area contributed by atoms with Gasteiger partial charge in [-0.2, -0.15) is 8.88 Å². The molecule has 0 bridgehead atoms. The van der Waals surface area contributed by atoms with Crippen molar-refractivity contribution in [1.29, 1.82) is 0 Å². The van der Waals surface area contributed by atoms with Gasteiger partial charge in [-0.05, 0) is 18.2 Å². The number of pyridine rings is 1. The van der Waals surface area contributed by atoms with E-state index >= 15 is 0 Å². The normalized spacial score (nSPS) is 32.0. The van der Waals surface area contributed by atoms with Crippen molar-refractivity contribution in [2.75, 3.05) is 13.2 Å². The number of aliphatic hydroxyl groups excluding tert-OH is 4.